The number of anilines is 1. The van der Waals surface area contributed by atoms with Crippen molar-refractivity contribution in [2.75, 3.05) is 5.73 Å². The average Bonchev–Trinajstić information content (AvgIpc) is 2.61. The van der Waals surface area contributed by atoms with Crippen LogP contribution in [-0.4, -0.2) is 5.91 Å². The normalized spacial score (nSPS) is 12.1. The lowest BCUT2D eigenvalue weighted by Gasteiger charge is -2.18. The molecule has 1 amide bonds. The molecule has 24 heavy (non-hydrogen) atoms. The number of hydrogen-bond donors (Lipinski definition) is 3. The van der Waals surface area contributed by atoms with Crippen molar-refractivity contribution in [3.8, 4) is 0 Å². The zero-order valence-electron chi connectivity index (χ0n) is 13.6. The second-order valence-corrected chi connectivity index (χ2v) is 5.88. The maximum absolute atomic E-state index is 12.7. The van der Waals surface area contributed by atoms with Crippen molar-refractivity contribution in [1.82, 2.24) is 5.32 Å². The van der Waals surface area contributed by atoms with E-state index in [4.69, 9.17) is 11.5 Å². The Bertz CT molecular complexity index is 884. The summed E-state index contributed by atoms with van der Waals surface area (Å²) in [6.45, 7) is 2.28. The fourth-order valence-corrected chi connectivity index (χ4v) is 2.96. The minimum Gasteiger partial charge on any atom is -0.399 e. The zero-order chi connectivity index (χ0) is 17.1. The van der Waals surface area contributed by atoms with E-state index in [-0.39, 0.29) is 11.9 Å². The second-order valence-electron chi connectivity index (χ2n) is 5.88. The Balaban J connectivity index is 1.90. The summed E-state index contributed by atoms with van der Waals surface area (Å²) < 4.78 is 0. The van der Waals surface area contributed by atoms with Crippen LogP contribution in [0.25, 0.3) is 10.8 Å². The highest BCUT2D eigenvalue weighted by Gasteiger charge is 2.16. The van der Waals surface area contributed by atoms with Gasteiger partial charge in [0.25, 0.3) is 5.91 Å². The lowest BCUT2D eigenvalue weighted by Crippen LogP contribution is -2.28. The molecule has 4 nitrogen and oxygen atoms in total. The largest absolute Gasteiger partial charge is 0.399 e. The molecule has 0 saturated carbocycles. The van der Waals surface area contributed by atoms with Crippen LogP contribution in [-0.2, 0) is 6.54 Å². The predicted octanol–water partition coefficient (Wildman–Crippen LogP) is 3.37. The van der Waals surface area contributed by atoms with E-state index < -0.39 is 0 Å². The maximum atomic E-state index is 12.7. The first kappa shape index (κ1) is 16.0. The molecular formula is C20H21N3O. The first-order valence-corrected chi connectivity index (χ1v) is 7.97. The van der Waals surface area contributed by atoms with Gasteiger partial charge < -0.3 is 16.8 Å². The van der Waals surface area contributed by atoms with Crippen molar-refractivity contribution in [3.05, 3.63) is 77.4 Å². The second kappa shape index (κ2) is 6.72. The molecule has 0 unspecified atom stereocenters. The van der Waals surface area contributed by atoms with Crippen LogP contribution in [0, 0.1) is 0 Å². The molecule has 3 rings (SSSR count). The Morgan fingerprint density at radius 3 is 2.62 bits per heavy atom. The van der Waals surface area contributed by atoms with E-state index >= 15 is 0 Å². The molecule has 0 spiro atoms. The summed E-state index contributed by atoms with van der Waals surface area (Å²) in [6, 6.07) is 19.4. The number of nitrogens with one attached hydrogen (secondary N) is 1. The van der Waals surface area contributed by atoms with Crippen molar-refractivity contribution < 1.29 is 4.79 Å². The molecular weight excluding hydrogens is 298 g/mol. The van der Waals surface area contributed by atoms with Crippen molar-refractivity contribution in [2.24, 2.45) is 5.73 Å². The average molecular weight is 319 g/mol. The van der Waals surface area contributed by atoms with E-state index in [0.717, 1.165) is 21.9 Å². The fourth-order valence-electron chi connectivity index (χ4n) is 2.96. The van der Waals surface area contributed by atoms with Gasteiger partial charge in [-0.3, -0.25) is 4.79 Å². The van der Waals surface area contributed by atoms with Gasteiger partial charge in [-0.05, 0) is 41.0 Å². The number of carbonyl (C=O) groups is 1. The molecule has 0 aliphatic carbocycles. The van der Waals surface area contributed by atoms with Crippen LogP contribution >= 0.6 is 0 Å². The van der Waals surface area contributed by atoms with Gasteiger partial charge in [-0.25, -0.2) is 0 Å². The SMILES string of the molecule is C[C@@H](NC(=O)c1cc(N)ccc1CN)c1cccc2ccccc12. The molecule has 5 N–H and O–H groups in total. The van der Waals surface area contributed by atoms with E-state index in [2.05, 4.69) is 23.5 Å². The predicted molar refractivity (Wildman–Crippen MR) is 98.6 cm³/mol. The molecule has 0 radical (unpaired) electrons. The van der Waals surface area contributed by atoms with Gasteiger partial charge in [0.1, 0.15) is 0 Å². The number of nitrogens with two attached hydrogens (primary N) is 2. The van der Waals surface area contributed by atoms with E-state index in [0.29, 0.717) is 17.8 Å². The van der Waals surface area contributed by atoms with Gasteiger partial charge in [0.2, 0.25) is 0 Å². The standard InChI is InChI=1S/C20H21N3O/c1-13(17-8-4-6-14-5-2-3-7-18(14)17)23-20(24)19-11-16(22)10-9-15(19)12-21/h2-11,13H,12,21-22H2,1H3,(H,23,24)/t13-/m1/s1. The Morgan fingerprint density at radius 2 is 1.83 bits per heavy atom. The van der Waals surface area contributed by atoms with E-state index in [1.54, 1.807) is 18.2 Å². The highest BCUT2D eigenvalue weighted by Crippen LogP contribution is 2.24. The zero-order valence-corrected chi connectivity index (χ0v) is 13.6. The third-order valence-corrected chi connectivity index (χ3v) is 4.24. The minimum atomic E-state index is -0.164. The molecule has 0 aromatic heterocycles. The summed E-state index contributed by atoms with van der Waals surface area (Å²) in [7, 11) is 0. The third kappa shape index (κ3) is 3.09. The minimum absolute atomic E-state index is 0.129. The molecule has 0 heterocycles. The van der Waals surface area contributed by atoms with Crippen LogP contribution in [0.3, 0.4) is 0 Å². The molecule has 3 aromatic carbocycles. The molecule has 3 aromatic rings. The monoisotopic (exact) mass is 319 g/mol. The smallest absolute Gasteiger partial charge is 0.252 e. The Kier molecular flexibility index (Phi) is 4.49. The number of nitrogen functional groups attached to an aromatic ring is 1. The van der Waals surface area contributed by atoms with Gasteiger partial charge in [-0.15, -0.1) is 0 Å². The van der Waals surface area contributed by atoms with Gasteiger partial charge in [-0.2, -0.15) is 0 Å². The number of fused-ring (bicyclic) bond motifs is 1. The quantitative estimate of drug-likeness (QED) is 0.645. The van der Waals surface area contributed by atoms with Crippen LogP contribution in [0.4, 0.5) is 5.69 Å². The van der Waals surface area contributed by atoms with Crippen molar-refractivity contribution >= 4 is 22.4 Å². The van der Waals surface area contributed by atoms with E-state index in [1.807, 2.05) is 31.2 Å². The van der Waals surface area contributed by atoms with Gasteiger partial charge >= 0.3 is 0 Å². The topological polar surface area (TPSA) is 81.1 Å². The van der Waals surface area contributed by atoms with Crippen molar-refractivity contribution in [2.45, 2.75) is 19.5 Å². The summed E-state index contributed by atoms with van der Waals surface area (Å²) in [6.07, 6.45) is 0. The summed E-state index contributed by atoms with van der Waals surface area (Å²) in [5, 5.41) is 5.35. The van der Waals surface area contributed by atoms with Crippen LogP contribution in [0.1, 0.15) is 34.5 Å². The van der Waals surface area contributed by atoms with Gasteiger partial charge in [-0.1, -0.05) is 48.5 Å². The summed E-state index contributed by atoms with van der Waals surface area (Å²) in [4.78, 5) is 12.7. The highest BCUT2D eigenvalue weighted by molar-refractivity contribution is 5.97. The van der Waals surface area contributed by atoms with Gasteiger partial charge in [0.15, 0.2) is 0 Å². The first-order chi connectivity index (χ1) is 11.6. The number of carbonyl (C=O) groups excluding carboxylic acids is 1. The van der Waals surface area contributed by atoms with Crippen molar-refractivity contribution in [1.29, 1.82) is 0 Å². The van der Waals surface area contributed by atoms with Crippen molar-refractivity contribution in [3.63, 3.8) is 0 Å². The van der Waals surface area contributed by atoms with E-state index in [1.165, 1.54) is 0 Å². The lowest BCUT2D eigenvalue weighted by molar-refractivity contribution is 0.0939. The van der Waals surface area contributed by atoms with Crippen LogP contribution in [0.5, 0.6) is 0 Å². The summed E-state index contributed by atoms with van der Waals surface area (Å²) in [5.41, 5.74) is 14.5. The lowest BCUT2D eigenvalue weighted by atomic mass is 9.99. The Labute approximate surface area is 141 Å². The Hall–Kier alpha value is -2.85. The number of amides is 1. The van der Waals surface area contributed by atoms with Crippen LogP contribution < -0.4 is 16.8 Å². The third-order valence-electron chi connectivity index (χ3n) is 4.24. The fraction of sp³-hybridized carbons (Fsp3) is 0.150. The summed E-state index contributed by atoms with van der Waals surface area (Å²) >= 11 is 0. The molecule has 0 aliphatic heterocycles. The number of hydrogen-bond acceptors (Lipinski definition) is 3. The molecule has 0 fully saturated rings. The molecule has 122 valence electrons. The summed E-state index contributed by atoms with van der Waals surface area (Å²) in [5.74, 6) is -0.164. The van der Waals surface area contributed by atoms with Crippen LogP contribution in [0.2, 0.25) is 0 Å². The molecule has 0 aliphatic rings. The van der Waals surface area contributed by atoms with Gasteiger partial charge in [0.05, 0.1) is 6.04 Å². The molecule has 0 bridgehead atoms. The number of benzene rings is 3. The molecule has 0 saturated heterocycles. The molecule has 4 heteroatoms. The number of rotatable bonds is 4. The van der Waals surface area contributed by atoms with E-state index in [9.17, 15) is 4.79 Å². The maximum Gasteiger partial charge on any atom is 0.252 e. The first-order valence-electron chi connectivity index (χ1n) is 7.97. The molecule has 1 atom stereocenters. The highest BCUT2D eigenvalue weighted by atomic mass is 16.1. The Morgan fingerprint density at radius 1 is 1.08 bits per heavy atom. The van der Waals surface area contributed by atoms with Gasteiger partial charge in [0, 0.05) is 17.8 Å². The van der Waals surface area contributed by atoms with Crippen LogP contribution in [0.15, 0.2) is 60.7 Å².